The zero-order valence-electron chi connectivity index (χ0n) is 15.1. The van der Waals surface area contributed by atoms with E-state index < -0.39 is 0 Å². The highest BCUT2D eigenvalue weighted by Crippen LogP contribution is 2.32. The Hall–Kier alpha value is -3.52. The predicted molar refractivity (Wildman–Crippen MR) is 113 cm³/mol. The minimum atomic E-state index is 0.928. The Morgan fingerprint density at radius 2 is 1.26 bits per heavy atom. The monoisotopic (exact) mass is 346 g/mol. The fourth-order valence-electron chi connectivity index (χ4n) is 3.65. The van der Waals surface area contributed by atoms with Crippen LogP contribution in [0.4, 0.5) is 0 Å². The maximum absolute atomic E-state index is 4.94. The predicted octanol–water partition coefficient (Wildman–Crippen LogP) is 6.43. The van der Waals surface area contributed by atoms with E-state index in [2.05, 4.69) is 66.7 Å². The van der Waals surface area contributed by atoms with Crippen LogP contribution in [0.3, 0.4) is 0 Å². The van der Waals surface area contributed by atoms with Crippen molar-refractivity contribution in [1.29, 1.82) is 0 Å². The lowest BCUT2D eigenvalue weighted by molar-refractivity contribution is 1.19. The Morgan fingerprint density at radius 1 is 0.593 bits per heavy atom. The van der Waals surface area contributed by atoms with Gasteiger partial charge in [-0.25, -0.2) is 9.97 Å². The molecule has 2 nitrogen and oxygen atoms in total. The minimum absolute atomic E-state index is 0.928. The number of benzene rings is 4. The van der Waals surface area contributed by atoms with Crippen molar-refractivity contribution in [2.75, 3.05) is 0 Å². The van der Waals surface area contributed by atoms with E-state index in [4.69, 9.17) is 9.97 Å². The van der Waals surface area contributed by atoms with Gasteiger partial charge in [-0.1, -0.05) is 78.9 Å². The summed E-state index contributed by atoms with van der Waals surface area (Å²) in [5.74, 6) is 0. The molecule has 0 bridgehead atoms. The molecule has 0 spiro atoms. The van der Waals surface area contributed by atoms with Crippen molar-refractivity contribution < 1.29 is 0 Å². The first-order valence-electron chi connectivity index (χ1n) is 9.11. The summed E-state index contributed by atoms with van der Waals surface area (Å²) in [6.07, 6.45) is 0. The van der Waals surface area contributed by atoms with Gasteiger partial charge in [0.15, 0.2) is 0 Å². The molecule has 5 rings (SSSR count). The molecule has 0 saturated heterocycles. The average Bonchev–Trinajstić information content (AvgIpc) is 2.73. The van der Waals surface area contributed by atoms with Crippen molar-refractivity contribution in [1.82, 2.24) is 9.97 Å². The van der Waals surface area contributed by atoms with Gasteiger partial charge in [0.25, 0.3) is 0 Å². The number of aryl methyl sites for hydroxylation is 1. The first-order valence-corrected chi connectivity index (χ1v) is 9.11. The molecule has 2 heteroatoms. The molecule has 0 aliphatic rings. The highest BCUT2D eigenvalue weighted by atomic mass is 14.8. The molecule has 0 radical (unpaired) electrons. The van der Waals surface area contributed by atoms with Crippen molar-refractivity contribution in [3.8, 4) is 22.4 Å². The zero-order chi connectivity index (χ0) is 18.2. The number of fused-ring (bicyclic) bond motifs is 2. The summed E-state index contributed by atoms with van der Waals surface area (Å²) in [5.41, 5.74) is 7.30. The Kier molecular flexibility index (Phi) is 3.68. The van der Waals surface area contributed by atoms with Gasteiger partial charge >= 0.3 is 0 Å². The van der Waals surface area contributed by atoms with E-state index in [1.165, 1.54) is 21.9 Å². The highest BCUT2D eigenvalue weighted by Gasteiger charge is 2.10. The summed E-state index contributed by atoms with van der Waals surface area (Å²) >= 11 is 0. The van der Waals surface area contributed by atoms with Crippen LogP contribution in [0.5, 0.6) is 0 Å². The second kappa shape index (κ2) is 6.33. The van der Waals surface area contributed by atoms with Crippen molar-refractivity contribution in [3.05, 3.63) is 96.7 Å². The summed E-state index contributed by atoms with van der Waals surface area (Å²) in [5, 5.41) is 2.39. The molecule has 0 amide bonds. The van der Waals surface area contributed by atoms with E-state index in [9.17, 15) is 0 Å². The van der Waals surface area contributed by atoms with Crippen LogP contribution in [0, 0.1) is 6.92 Å². The molecule has 0 aliphatic carbocycles. The van der Waals surface area contributed by atoms with Gasteiger partial charge in [0.2, 0.25) is 0 Å². The Balaban J connectivity index is 1.76. The topological polar surface area (TPSA) is 25.8 Å². The summed E-state index contributed by atoms with van der Waals surface area (Å²) in [6, 6.07) is 31.5. The van der Waals surface area contributed by atoms with Gasteiger partial charge in [-0.15, -0.1) is 0 Å². The van der Waals surface area contributed by atoms with Gasteiger partial charge in [-0.2, -0.15) is 0 Å². The van der Waals surface area contributed by atoms with Crippen LogP contribution in [-0.4, -0.2) is 9.97 Å². The molecule has 0 saturated carbocycles. The number of rotatable bonds is 2. The molecule has 4 aromatic carbocycles. The first kappa shape index (κ1) is 15.7. The molecule has 0 atom stereocenters. The van der Waals surface area contributed by atoms with E-state index in [1.54, 1.807) is 0 Å². The van der Waals surface area contributed by atoms with Crippen molar-refractivity contribution in [3.63, 3.8) is 0 Å². The maximum atomic E-state index is 4.94. The number of hydrogen-bond acceptors (Lipinski definition) is 2. The first-order chi connectivity index (χ1) is 13.3. The second-order valence-corrected chi connectivity index (χ2v) is 6.76. The molecule has 27 heavy (non-hydrogen) atoms. The van der Waals surface area contributed by atoms with Gasteiger partial charge < -0.3 is 0 Å². The molecule has 5 aromatic rings. The Bertz CT molecular complexity index is 1260. The molecule has 0 unspecified atom stereocenters. The van der Waals surface area contributed by atoms with Crippen molar-refractivity contribution in [2.45, 2.75) is 6.92 Å². The largest absolute Gasteiger partial charge is 0.249 e. The van der Waals surface area contributed by atoms with Gasteiger partial charge in [0, 0.05) is 5.56 Å². The van der Waals surface area contributed by atoms with Crippen LogP contribution >= 0.6 is 0 Å². The van der Waals surface area contributed by atoms with Crippen LogP contribution in [0.2, 0.25) is 0 Å². The van der Waals surface area contributed by atoms with E-state index >= 15 is 0 Å². The molecule has 1 aromatic heterocycles. The molecule has 0 N–H and O–H groups in total. The summed E-state index contributed by atoms with van der Waals surface area (Å²) < 4.78 is 0. The van der Waals surface area contributed by atoms with E-state index in [1.807, 2.05) is 31.2 Å². The second-order valence-electron chi connectivity index (χ2n) is 6.76. The molecule has 1 heterocycles. The normalized spacial score (nSPS) is 11.1. The molecule has 128 valence electrons. The lowest BCUT2D eigenvalue weighted by Gasteiger charge is -2.10. The van der Waals surface area contributed by atoms with Crippen molar-refractivity contribution in [2.24, 2.45) is 0 Å². The van der Waals surface area contributed by atoms with E-state index in [0.717, 1.165) is 28.0 Å². The fourth-order valence-corrected chi connectivity index (χ4v) is 3.65. The summed E-state index contributed by atoms with van der Waals surface area (Å²) in [7, 11) is 0. The SMILES string of the molecule is Cc1nc2cc3c(-c4ccccc4)cccc3cc2nc1-c1ccccc1. The van der Waals surface area contributed by atoms with E-state index in [0.29, 0.717) is 0 Å². The van der Waals surface area contributed by atoms with Gasteiger partial charge in [0.1, 0.15) is 0 Å². The van der Waals surface area contributed by atoms with Crippen molar-refractivity contribution >= 4 is 21.8 Å². The van der Waals surface area contributed by atoms with Crippen LogP contribution in [0.15, 0.2) is 91.0 Å². The highest BCUT2D eigenvalue weighted by molar-refractivity contribution is 6.03. The Morgan fingerprint density at radius 3 is 2.00 bits per heavy atom. The standard InChI is InChI=1S/C25H18N2/c1-17-25(19-11-6-3-7-12-19)27-23-15-20-13-8-14-21(18-9-4-2-5-10-18)22(20)16-24(23)26-17/h2-16H,1H3. The van der Waals surface area contributed by atoms with E-state index in [-0.39, 0.29) is 0 Å². The third-order valence-electron chi connectivity index (χ3n) is 4.97. The molecule has 0 aliphatic heterocycles. The lowest BCUT2D eigenvalue weighted by atomic mass is 9.97. The van der Waals surface area contributed by atoms with Crippen LogP contribution in [0.1, 0.15) is 5.69 Å². The quantitative estimate of drug-likeness (QED) is 0.344. The summed E-state index contributed by atoms with van der Waals surface area (Å²) in [4.78, 5) is 9.81. The number of aromatic nitrogens is 2. The average molecular weight is 346 g/mol. The van der Waals surface area contributed by atoms with Crippen LogP contribution in [0.25, 0.3) is 44.2 Å². The molecular formula is C25H18N2. The minimum Gasteiger partial charge on any atom is -0.249 e. The fraction of sp³-hybridized carbons (Fsp3) is 0.0400. The molecule has 0 fully saturated rings. The third kappa shape index (κ3) is 2.76. The van der Waals surface area contributed by atoms with Gasteiger partial charge in [-0.05, 0) is 41.0 Å². The summed E-state index contributed by atoms with van der Waals surface area (Å²) in [6.45, 7) is 2.03. The van der Waals surface area contributed by atoms with Gasteiger partial charge in [-0.3, -0.25) is 0 Å². The number of nitrogens with zero attached hydrogens (tertiary/aromatic N) is 2. The smallest absolute Gasteiger partial charge is 0.0922 e. The third-order valence-corrected chi connectivity index (χ3v) is 4.97. The van der Waals surface area contributed by atoms with Crippen LogP contribution in [-0.2, 0) is 0 Å². The van der Waals surface area contributed by atoms with Crippen LogP contribution < -0.4 is 0 Å². The molecular weight excluding hydrogens is 328 g/mol. The number of hydrogen-bond donors (Lipinski definition) is 0. The lowest BCUT2D eigenvalue weighted by Crippen LogP contribution is -1.95. The maximum Gasteiger partial charge on any atom is 0.0922 e. The zero-order valence-corrected chi connectivity index (χ0v) is 15.1. The van der Waals surface area contributed by atoms with Gasteiger partial charge in [0.05, 0.1) is 22.4 Å². The Labute approximate surface area is 158 Å².